The van der Waals surface area contributed by atoms with Gasteiger partial charge in [0.2, 0.25) is 0 Å². The Morgan fingerprint density at radius 3 is 2.88 bits per heavy atom. The molecule has 2 N–H and O–H groups in total. The lowest BCUT2D eigenvalue weighted by atomic mass is 10.1. The maximum Gasteiger partial charge on any atom is 0.254 e. The molecule has 0 saturated heterocycles. The van der Waals surface area contributed by atoms with Gasteiger partial charge in [0.05, 0.1) is 18.7 Å². The third kappa shape index (κ3) is 3.42. The van der Waals surface area contributed by atoms with E-state index in [-0.39, 0.29) is 5.91 Å². The summed E-state index contributed by atoms with van der Waals surface area (Å²) in [6, 6.07) is 5.28. The number of hydrogen-bond acceptors (Lipinski definition) is 3. The minimum Gasteiger partial charge on any atom is -0.493 e. The molecule has 0 aliphatic heterocycles. The summed E-state index contributed by atoms with van der Waals surface area (Å²) in [7, 11) is 1.59. The standard InChI is InChI=1S/C13H16N2O2/c1-4-8-15-10-6-7-11(13(16)14-3)12(9-10)17-5-2/h1,6-7,9,15H,5,8H2,2-3H3,(H,14,16). The second-order valence-electron chi connectivity index (χ2n) is 3.28. The number of rotatable bonds is 5. The Kier molecular flexibility index (Phi) is 4.89. The van der Waals surface area contributed by atoms with Crippen LogP contribution in [0.15, 0.2) is 18.2 Å². The highest BCUT2D eigenvalue weighted by Gasteiger charge is 2.11. The Balaban J connectivity index is 2.99. The van der Waals surface area contributed by atoms with E-state index in [0.717, 1.165) is 5.69 Å². The summed E-state index contributed by atoms with van der Waals surface area (Å²) < 4.78 is 5.43. The Morgan fingerprint density at radius 2 is 2.29 bits per heavy atom. The fraction of sp³-hybridized carbons (Fsp3) is 0.308. The number of carbonyl (C=O) groups is 1. The van der Waals surface area contributed by atoms with Gasteiger partial charge in [0.15, 0.2) is 0 Å². The van der Waals surface area contributed by atoms with E-state index in [4.69, 9.17) is 11.2 Å². The van der Waals surface area contributed by atoms with Gasteiger partial charge in [-0.25, -0.2) is 0 Å². The van der Waals surface area contributed by atoms with Crippen LogP contribution in [0.25, 0.3) is 0 Å². The maximum absolute atomic E-state index is 11.6. The van der Waals surface area contributed by atoms with Crippen LogP contribution in [0.2, 0.25) is 0 Å². The number of terminal acetylenes is 1. The van der Waals surface area contributed by atoms with Gasteiger partial charge >= 0.3 is 0 Å². The predicted octanol–water partition coefficient (Wildman–Crippen LogP) is 1.49. The summed E-state index contributed by atoms with van der Waals surface area (Å²) in [5.41, 5.74) is 1.35. The number of carbonyl (C=O) groups excluding carboxylic acids is 1. The topological polar surface area (TPSA) is 50.4 Å². The molecule has 1 rings (SSSR count). The molecule has 0 fully saturated rings. The van der Waals surface area contributed by atoms with Crippen LogP contribution in [0.1, 0.15) is 17.3 Å². The maximum atomic E-state index is 11.6. The van der Waals surface area contributed by atoms with Crippen molar-refractivity contribution in [2.24, 2.45) is 0 Å². The van der Waals surface area contributed by atoms with Crippen molar-refractivity contribution < 1.29 is 9.53 Å². The Labute approximate surface area is 101 Å². The minimum absolute atomic E-state index is 0.169. The second-order valence-corrected chi connectivity index (χ2v) is 3.28. The highest BCUT2D eigenvalue weighted by molar-refractivity contribution is 5.97. The first-order valence-electron chi connectivity index (χ1n) is 5.39. The highest BCUT2D eigenvalue weighted by Crippen LogP contribution is 2.23. The summed E-state index contributed by atoms with van der Waals surface area (Å²) in [4.78, 5) is 11.6. The molecule has 0 unspecified atom stereocenters. The first-order valence-corrected chi connectivity index (χ1v) is 5.39. The minimum atomic E-state index is -0.169. The van der Waals surface area contributed by atoms with Crippen molar-refractivity contribution in [3.05, 3.63) is 23.8 Å². The quantitative estimate of drug-likeness (QED) is 0.756. The van der Waals surface area contributed by atoms with Gasteiger partial charge in [-0.3, -0.25) is 4.79 Å². The molecule has 0 heterocycles. The Bertz CT molecular complexity index is 436. The molecule has 0 radical (unpaired) electrons. The van der Waals surface area contributed by atoms with E-state index in [0.29, 0.717) is 24.5 Å². The van der Waals surface area contributed by atoms with Crippen LogP contribution in [0.4, 0.5) is 5.69 Å². The molecule has 0 aliphatic carbocycles. The summed E-state index contributed by atoms with van der Waals surface area (Å²) in [5.74, 6) is 2.87. The number of hydrogen-bond donors (Lipinski definition) is 2. The Hall–Kier alpha value is -2.15. The van der Waals surface area contributed by atoms with Gasteiger partial charge in [0, 0.05) is 18.8 Å². The molecule has 0 spiro atoms. The fourth-order valence-corrected chi connectivity index (χ4v) is 1.38. The Morgan fingerprint density at radius 1 is 1.53 bits per heavy atom. The van der Waals surface area contributed by atoms with Crippen LogP contribution < -0.4 is 15.4 Å². The van der Waals surface area contributed by atoms with Crippen LogP contribution >= 0.6 is 0 Å². The molecule has 0 atom stereocenters. The average molecular weight is 232 g/mol. The van der Waals surface area contributed by atoms with Gasteiger partial charge < -0.3 is 15.4 Å². The lowest BCUT2D eigenvalue weighted by Crippen LogP contribution is -2.19. The van der Waals surface area contributed by atoms with Gasteiger partial charge in [-0.15, -0.1) is 6.42 Å². The van der Waals surface area contributed by atoms with Crippen LogP contribution in [0.3, 0.4) is 0 Å². The lowest BCUT2D eigenvalue weighted by molar-refractivity contribution is 0.0959. The molecular formula is C13H16N2O2. The van der Waals surface area contributed by atoms with Crippen molar-refractivity contribution in [3.8, 4) is 18.1 Å². The zero-order valence-corrected chi connectivity index (χ0v) is 10.0. The first-order chi connectivity index (χ1) is 8.22. The molecule has 1 aromatic carbocycles. The fourth-order valence-electron chi connectivity index (χ4n) is 1.38. The van der Waals surface area contributed by atoms with Crippen molar-refractivity contribution in [2.75, 3.05) is 25.5 Å². The number of anilines is 1. The molecular weight excluding hydrogens is 216 g/mol. The van der Waals surface area contributed by atoms with Crippen molar-refractivity contribution in [1.29, 1.82) is 0 Å². The monoisotopic (exact) mass is 232 g/mol. The molecule has 0 aromatic heterocycles. The third-order valence-electron chi connectivity index (χ3n) is 2.15. The van der Waals surface area contributed by atoms with Crippen molar-refractivity contribution >= 4 is 11.6 Å². The molecule has 1 aromatic rings. The molecule has 0 aliphatic rings. The molecule has 4 heteroatoms. The summed E-state index contributed by atoms with van der Waals surface area (Å²) >= 11 is 0. The second kappa shape index (κ2) is 6.44. The average Bonchev–Trinajstić information content (AvgIpc) is 2.36. The summed E-state index contributed by atoms with van der Waals surface area (Å²) in [6.45, 7) is 2.81. The van der Waals surface area contributed by atoms with Gasteiger partial charge in [-0.2, -0.15) is 0 Å². The smallest absolute Gasteiger partial charge is 0.254 e. The van der Waals surface area contributed by atoms with E-state index in [1.54, 1.807) is 25.2 Å². The summed E-state index contributed by atoms with van der Waals surface area (Å²) in [5, 5.41) is 5.60. The predicted molar refractivity (Wildman–Crippen MR) is 68.3 cm³/mol. The zero-order chi connectivity index (χ0) is 12.7. The molecule has 90 valence electrons. The van der Waals surface area contributed by atoms with E-state index in [1.807, 2.05) is 6.92 Å². The molecule has 1 amide bonds. The van der Waals surface area contributed by atoms with E-state index in [9.17, 15) is 4.79 Å². The van der Waals surface area contributed by atoms with E-state index in [2.05, 4.69) is 16.6 Å². The van der Waals surface area contributed by atoms with E-state index in [1.165, 1.54) is 0 Å². The van der Waals surface area contributed by atoms with Gasteiger partial charge in [0.25, 0.3) is 5.91 Å². The third-order valence-corrected chi connectivity index (χ3v) is 2.15. The van der Waals surface area contributed by atoms with Crippen LogP contribution in [0, 0.1) is 12.3 Å². The molecule has 4 nitrogen and oxygen atoms in total. The van der Waals surface area contributed by atoms with Crippen molar-refractivity contribution in [2.45, 2.75) is 6.92 Å². The molecule has 17 heavy (non-hydrogen) atoms. The van der Waals surface area contributed by atoms with Gasteiger partial charge in [-0.05, 0) is 19.1 Å². The number of ether oxygens (including phenoxy) is 1. The molecule has 0 bridgehead atoms. The van der Waals surface area contributed by atoms with E-state index < -0.39 is 0 Å². The van der Waals surface area contributed by atoms with Gasteiger partial charge in [-0.1, -0.05) is 5.92 Å². The number of amides is 1. The normalized spacial score (nSPS) is 9.24. The SMILES string of the molecule is C#CCNc1ccc(C(=O)NC)c(OCC)c1. The highest BCUT2D eigenvalue weighted by atomic mass is 16.5. The van der Waals surface area contributed by atoms with E-state index >= 15 is 0 Å². The molecule has 0 saturated carbocycles. The zero-order valence-electron chi connectivity index (χ0n) is 10.0. The van der Waals surface area contributed by atoms with Crippen LogP contribution in [-0.2, 0) is 0 Å². The summed E-state index contributed by atoms with van der Waals surface area (Å²) in [6.07, 6.45) is 5.16. The first kappa shape index (κ1) is 12.9. The van der Waals surface area contributed by atoms with Crippen LogP contribution in [-0.4, -0.2) is 26.1 Å². The van der Waals surface area contributed by atoms with Crippen molar-refractivity contribution in [3.63, 3.8) is 0 Å². The largest absolute Gasteiger partial charge is 0.493 e. The lowest BCUT2D eigenvalue weighted by Gasteiger charge is -2.11. The number of nitrogens with one attached hydrogen (secondary N) is 2. The van der Waals surface area contributed by atoms with Crippen molar-refractivity contribution in [1.82, 2.24) is 5.32 Å². The number of benzene rings is 1. The van der Waals surface area contributed by atoms with Gasteiger partial charge in [0.1, 0.15) is 5.75 Å². The van der Waals surface area contributed by atoms with Crippen LogP contribution in [0.5, 0.6) is 5.75 Å².